The first-order chi connectivity index (χ1) is 13.1. The number of hydrogen-bond acceptors (Lipinski definition) is 5. The lowest BCUT2D eigenvalue weighted by Crippen LogP contribution is -2.57. The molecule has 3 fully saturated rings. The molecule has 0 saturated carbocycles. The van der Waals surface area contributed by atoms with Crippen LogP contribution in [-0.4, -0.2) is 65.8 Å². The smallest absolute Gasteiger partial charge is 0.246 e. The molecular formula is C19H23FN2O4S. The molecule has 4 rings (SSSR count). The Balaban J connectivity index is 1.31. The van der Waals surface area contributed by atoms with E-state index >= 15 is 0 Å². The van der Waals surface area contributed by atoms with Crippen molar-refractivity contribution in [3.63, 3.8) is 0 Å². The van der Waals surface area contributed by atoms with E-state index in [4.69, 9.17) is 9.47 Å². The predicted molar refractivity (Wildman–Crippen MR) is 98.7 cm³/mol. The maximum Gasteiger partial charge on any atom is 0.246 e. The number of nitrogens with zero attached hydrogens (tertiary/aromatic N) is 1. The van der Waals surface area contributed by atoms with E-state index in [0.717, 1.165) is 0 Å². The zero-order valence-corrected chi connectivity index (χ0v) is 15.8. The van der Waals surface area contributed by atoms with Gasteiger partial charge in [0.2, 0.25) is 11.8 Å². The summed E-state index contributed by atoms with van der Waals surface area (Å²) in [5, 5.41) is 2.45. The summed E-state index contributed by atoms with van der Waals surface area (Å²) in [6.07, 6.45) is 1.63. The van der Waals surface area contributed by atoms with Crippen molar-refractivity contribution in [1.82, 2.24) is 10.2 Å². The number of benzene rings is 1. The number of hydrogen-bond donors (Lipinski definition) is 1. The number of carbonyl (C=O) groups is 2. The molecule has 0 aliphatic carbocycles. The highest BCUT2D eigenvalue weighted by molar-refractivity contribution is 8.00. The molecule has 0 bridgehead atoms. The molecule has 0 radical (unpaired) electrons. The Morgan fingerprint density at radius 2 is 1.96 bits per heavy atom. The number of amides is 2. The van der Waals surface area contributed by atoms with Gasteiger partial charge in [-0.3, -0.25) is 9.59 Å². The molecular weight excluding hydrogens is 371 g/mol. The number of rotatable bonds is 3. The average Bonchev–Trinajstić information content (AvgIpc) is 3.13. The van der Waals surface area contributed by atoms with Crippen molar-refractivity contribution in [3.05, 3.63) is 35.6 Å². The lowest BCUT2D eigenvalue weighted by molar-refractivity contribution is -0.187. The van der Waals surface area contributed by atoms with Crippen molar-refractivity contribution >= 4 is 23.6 Å². The van der Waals surface area contributed by atoms with Crippen LogP contribution in [0, 0.1) is 5.82 Å². The van der Waals surface area contributed by atoms with Crippen LogP contribution in [0.2, 0.25) is 0 Å². The molecule has 1 aromatic rings. The Morgan fingerprint density at radius 3 is 2.63 bits per heavy atom. The molecule has 2 amide bonds. The first-order valence-electron chi connectivity index (χ1n) is 9.28. The molecule has 1 aromatic carbocycles. The summed E-state index contributed by atoms with van der Waals surface area (Å²) in [4.78, 5) is 27.0. The molecule has 1 spiro atoms. The van der Waals surface area contributed by atoms with Gasteiger partial charge in [0, 0.05) is 31.7 Å². The van der Waals surface area contributed by atoms with Gasteiger partial charge in [-0.05, 0) is 18.1 Å². The SMILES string of the molecule is O=C1N[C@H](C(=O)N2CCC3(CC2)OCCO3)CS[C@H]1Cc1ccccc1F. The number of nitrogens with one attached hydrogen (secondary N) is 1. The van der Waals surface area contributed by atoms with Crippen molar-refractivity contribution in [2.24, 2.45) is 0 Å². The highest BCUT2D eigenvalue weighted by atomic mass is 32.2. The van der Waals surface area contributed by atoms with Gasteiger partial charge in [0.15, 0.2) is 5.79 Å². The van der Waals surface area contributed by atoms with Crippen LogP contribution in [0.25, 0.3) is 0 Å². The summed E-state index contributed by atoms with van der Waals surface area (Å²) >= 11 is 1.42. The van der Waals surface area contributed by atoms with Crippen LogP contribution >= 0.6 is 11.8 Å². The lowest BCUT2D eigenvalue weighted by Gasteiger charge is -2.39. The fourth-order valence-electron chi connectivity index (χ4n) is 3.82. The molecule has 2 atom stereocenters. The quantitative estimate of drug-likeness (QED) is 0.838. The van der Waals surface area contributed by atoms with Crippen molar-refractivity contribution in [2.45, 2.75) is 36.3 Å². The number of thioether (sulfide) groups is 1. The summed E-state index contributed by atoms with van der Waals surface area (Å²) in [7, 11) is 0. The Bertz CT molecular complexity index is 715. The van der Waals surface area contributed by atoms with Crippen LogP contribution in [-0.2, 0) is 25.5 Å². The largest absolute Gasteiger partial charge is 0.347 e. The second-order valence-corrected chi connectivity index (χ2v) is 8.35. The predicted octanol–water partition coefficient (Wildman–Crippen LogP) is 1.33. The van der Waals surface area contributed by atoms with Crippen LogP contribution in [0.5, 0.6) is 0 Å². The highest BCUT2D eigenvalue weighted by Gasteiger charge is 2.42. The third-order valence-electron chi connectivity index (χ3n) is 5.38. The molecule has 3 saturated heterocycles. The van der Waals surface area contributed by atoms with E-state index in [1.165, 1.54) is 17.8 Å². The van der Waals surface area contributed by atoms with Crippen molar-refractivity contribution in [2.75, 3.05) is 32.1 Å². The fraction of sp³-hybridized carbons (Fsp3) is 0.579. The minimum Gasteiger partial charge on any atom is -0.347 e. The number of likely N-dealkylation sites (tertiary alicyclic amines) is 1. The van der Waals surface area contributed by atoms with Gasteiger partial charge >= 0.3 is 0 Å². The zero-order chi connectivity index (χ0) is 18.9. The van der Waals surface area contributed by atoms with Gasteiger partial charge in [-0.15, -0.1) is 11.8 Å². The van der Waals surface area contributed by atoms with Gasteiger partial charge in [-0.25, -0.2) is 4.39 Å². The Labute approximate surface area is 161 Å². The van der Waals surface area contributed by atoms with Gasteiger partial charge in [0.25, 0.3) is 0 Å². The number of ether oxygens (including phenoxy) is 2. The standard InChI is InChI=1S/C19H23FN2O4S/c20-14-4-2-1-3-13(14)11-16-17(23)21-15(12-27-16)18(24)22-7-5-19(6-8-22)25-9-10-26-19/h1-4,15-16H,5-12H2,(H,21,23)/t15-,16-/m0/s1. The topological polar surface area (TPSA) is 67.9 Å². The number of halogens is 1. The summed E-state index contributed by atoms with van der Waals surface area (Å²) in [5.74, 6) is -0.593. The molecule has 6 nitrogen and oxygen atoms in total. The average molecular weight is 394 g/mol. The lowest BCUT2D eigenvalue weighted by atomic mass is 10.0. The van der Waals surface area contributed by atoms with Crippen LogP contribution in [0.4, 0.5) is 4.39 Å². The van der Waals surface area contributed by atoms with Crippen molar-refractivity contribution in [1.29, 1.82) is 0 Å². The van der Waals surface area contributed by atoms with E-state index in [0.29, 0.717) is 56.9 Å². The van der Waals surface area contributed by atoms with Crippen LogP contribution in [0.3, 0.4) is 0 Å². The van der Waals surface area contributed by atoms with Crippen LogP contribution < -0.4 is 5.32 Å². The van der Waals surface area contributed by atoms with Gasteiger partial charge in [-0.2, -0.15) is 0 Å². The van der Waals surface area contributed by atoms with Gasteiger partial charge < -0.3 is 19.7 Å². The Hall–Kier alpha value is -1.64. The number of piperidine rings is 1. The van der Waals surface area contributed by atoms with E-state index in [1.54, 1.807) is 23.1 Å². The Kier molecular flexibility index (Phi) is 5.39. The summed E-state index contributed by atoms with van der Waals surface area (Å²) in [6.45, 7) is 2.34. The van der Waals surface area contributed by atoms with Gasteiger partial charge in [-0.1, -0.05) is 18.2 Å². The zero-order valence-electron chi connectivity index (χ0n) is 15.0. The maximum absolute atomic E-state index is 13.8. The molecule has 1 N–H and O–H groups in total. The van der Waals surface area contributed by atoms with Crippen molar-refractivity contribution in [3.8, 4) is 0 Å². The number of carbonyl (C=O) groups excluding carboxylic acids is 2. The molecule has 3 aliphatic heterocycles. The normalized spacial score (nSPS) is 27.6. The molecule has 0 aromatic heterocycles. The summed E-state index contributed by atoms with van der Waals surface area (Å²) in [6, 6.07) is 5.95. The first-order valence-corrected chi connectivity index (χ1v) is 10.3. The minimum absolute atomic E-state index is 0.0620. The second kappa shape index (κ2) is 7.77. The maximum atomic E-state index is 13.8. The second-order valence-electron chi connectivity index (χ2n) is 7.11. The molecule has 146 valence electrons. The summed E-state index contributed by atoms with van der Waals surface area (Å²) in [5.41, 5.74) is 0.521. The monoisotopic (exact) mass is 394 g/mol. The molecule has 0 unspecified atom stereocenters. The molecule has 3 aliphatic rings. The van der Waals surface area contributed by atoms with E-state index in [9.17, 15) is 14.0 Å². The third kappa shape index (κ3) is 3.97. The first kappa shape index (κ1) is 18.7. The molecule has 27 heavy (non-hydrogen) atoms. The highest BCUT2D eigenvalue weighted by Crippen LogP contribution is 2.32. The van der Waals surface area contributed by atoms with Crippen LogP contribution in [0.1, 0.15) is 18.4 Å². The van der Waals surface area contributed by atoms with E-state index in [1.807, 2.05) is 0 Å². The van der Waals surface area contributed by atoms with Gasteiger partial charge in [0.1, 0.15) is 11.9 Å². The van der Waals surface area contributed by atoms with E-state index in [-0.39, 0.29) is 22.9 Å². The third-order valence-corrected chi connectivity index (χ3v) is 6.69. The van der Waals surface area contributed by atoms with Crippen LogP contribution in [0.15, 0.2) is 24.3 Å². The van der Waals surface area contributed by atoms with Gasteiger partial charge in [0.05, 0.1) is 18.5 Å². The summed E-state index contributed by atoms with van der Waals surface area (Å²) < 4.78 is 25.2. The van der Waals surface area contributed by atoms with E-state index < -0.39 is 11.8 Å². The molecule has 8 heteroatoms. The minimum atomic E-state index is -0.529. The fourth-order valence-corrected chi connectivity index (χ4v) is 4.98. The van der Waals surface area contributed by atoms with Crippen molar-refractivity contribution < 1.29 is 23.5 Å². The molecule has 3 heterocycles. The Morgan fingerprint density at radius 1 is 1.26 bits per heavy atom. The van der Waals surface area contributed by atoms with E-state index in [2.05, 4.69) is 5.32 Å².